The molecule has 0 heterocycles. The predicted molar refractivity (Wildman–Crippen MR) is 41.8 cm³/mol. The molecule has 0 bridgehead atoms. The van der Waals surface area contributed by atoms with E-state index >= 15 is 0 Å². The van der Waals surface area contributed by atoms with Crippen molar-refractivity contribution in [2.75, 3.05) is 12.5 Å². The minimum absolute atomic E-state index is 0.333. The Kier molecular flexibility index (Phi) is 2.26. The molecule has 0 aliphatic carbocycles. The van der Waals surface area contributed by atoms with Crippen LogP contribution in [0.2, 0.25) is 0 Å². The Morgan fingerprint density at radius 1 is 1.75 bits per heavy atom. The molecular formula is C4H8N2S2. The Morgan fingerprint density at radius 2 is 2.12 bits per heavy atom. The second-order valence-electron chi connectivity index (χ2n) is 1.74. The normalized spacial score (nSPS) is 12.1. The lowest BCUT2D eigenvalue weighted by molar-refractivity contribution is 1.56. The zero-order chi connectivity index (χ0) is 6.78. The van der Waals surface area contributed by atoms with E-state index in [2.05, 4.69) is 17.6 Å². The molecule has 0 aromatic heterocycles. The van der Waals surface area contributed by atoms with Crippen molar-refractivity contribution in [1.82, 2.24) is 0 Å². The molecule has 0 aromatic rings. The van der Waals surface area contributed by atoms with Gasteiger partial charge < -0.3 is 5.73 Å². The van der Waals surface area contributed by atoms with Crippen molar-refractivity contribution in [3.63, 3.8) is 0 Å². The molecule has 0 aromatic carbocycles. The molecule has 0 fully saturated rings. The van der Waals surface area contributed by atoms with Crippen molar-refractivity contribution in [2.45, 2.75) is 0 Å². The maximum atomic E-state index is 8.38. The molecule has 2 N–H and O–H groups in total. The summed E-state index contributed by atoms with van der Waals surface area (Å²) in [5.74, 6) is 0. The van der Waals surface area contributed by atoms with Crippen molar-refractivity contribution in [1.29, 1.82) is 5.26 Å². The Morgan fingerprint density at radius 3 is 2.12 bits per heavy atom. The van der Waals surface area contributed by atoms with E-state index in [1.54, 1.807) is 12.5 Å². The number of hydrogen-bond acceptors (Lipinski definition) is 2. The fraction of sp³-hybridized carbons (Fsp3) is 0.500. The second kappa shape index (κ2) is 2.33. The van der Waals surface area contributed by atoms with Gasteiger partial charge in [-0.05, 0) is 12.5 Å². The van der Waals surface area contributed by atoms with Crippen LogP contribution >= 0.6 is 22.2 Å². The molecule has 0 aliphatic rings. The fourth-order valence-electron chi connectivity index (χ4n) is 0.0450. The Bertz CT molecular complexity index is 145. The van der Waals surface area contributed by atoms with Crippen molar-refractivity contribution < 1.29 is 0 Å². The lowest BCUT2D eigenvalue weighted by atomic mass is 11.5. The van der Waals surface area contributed by atoms with Gasteiger partial charge in [0.1, 0.15) is 9.72 Å². The van der Waals surface area contributed by atoms with Crippen LogP contribution in [0, 0.1) is 10.7 Å². The highest BCUT2D eigenvalue weighted by molar-refractivity contribution is 8.51. The standard InChI is InChI=1S/C4H8N2S2/c1-8(2,3-5)4(6)7/h1-2H3,(H2,6,7). The second-order valence-corrected chi connectivity index (χ2v) is 5.71. The van der Waals surface area contributed by atoms with Crippen LogP contribution in [-0.2, 0) is 0 Å². The zero-order valence-corrected chi connectivity index (χ0v) is 6.47. The summed E-state index contributed by atoms with van der Waals surface area (Å²) in [6.07, 6.45) is 3.55. The average molecular weight is 148 g/mol. The quantitative estimate of drug-likeness (QED) is 0.408. The molecule has 0 saturated carbocycles. The monoisotopic (exact) mass is 148 g/mol. The molecule has 46 valence electrons. The smallest absolute Gasteiger partial charge is 0.125 e. The SMILES string of the molecule is CS(C)(C#N)C(N)=S. The van der Waals surface area contributed by atoms with Gasteiger partial charge in [0.2, 0.25) is 0 Å². The summed E-state index contributed by atoms with van der Waals surface area (Å²) in [7, 11) is -1.42. The molecule has 0 amide bonds. The first-order chi connectivity index (χ1) is 3.50. The maximum Gasteiger partial charge on any atom is 0.125 e. The van der Waals surface area contributed by atoms with Crippen LogP contribution in [0.3, 0.4) is 0 Å². The first-order valence-electron chi connectivity index (χ1n) is 1.94. The summed E-state index contributed by atoms with van der Waals surface area (Å²) >= 11 is 4.62. The van der Waals surface area contributed by atoms with Crippen LogP contribution in [0.25, 0.3) is 0 Å². The summed E-state index contributed by atoms with van der Waals surface area (Å²) in [5.41, 5.74) is 5.23. The third kappa shape index (κ3) is 1.68. The number of nitrogens with zero attached hydrogens (tertiary/aromatic N) is 1. The number of thiocyanates is 1. The van der Waals surface area contributed by atoms with Crippen LogP contribution in [0.15, 0.2) is 0 Å². The van der Waals surface area contributed by atoms with E-state index in [-0.39, 0.29) is 0 Å². The van der Waals surface area contributed by atoms with Crippen LogP contribution in [0.5, 0.6) is 0 Å². The first-order valence-corrected chi connectivity index (χ1v) is 4.80. The molecule has 0 aliphatic heterocycles. The van der Waals surface area contributed by atoms with E-state index in [1.807, 2.05) is 0 Å². The third-order valence-corrected chi connectivity index (χ3v) is 3.44. The number of thiocarbonyl (C=S) groups is 1. The summed E-state index contributed by atoms with van der Waals surface area (Å²) in [5, 5.41) is 10.4. The summed E-state index contributed by atoms with van der Waals surface area (Å²) in [6.45, 7) is 0. The zero-order valence-electron chi connectivity index (χ0n) is 4.84. The van der Waals surface area contributed by atoms with E-state index in [9.17, 15) is 0 Å². The Hall–Kier alpha value is -0.270. The third-order valence-electron chi connectivity index (χ3n) is 0.731. The largest absolute Gasteiger partial charge is 0.385 e. The number of hydrogen-bond donors (Lipinski definition) is 1. The first kappa shape index (κ1) is 7.73. The number of rotatable bonds is 0. The molecule has 0 atom stereocenters. The van der Waals surface area contributed by atoms with E-state index in [4.69, 9.17) is 11.0 Å². The van der Waals surface area contributed by atoms with Crippen LogP contribution in [-0.4, -0.2) is 16.8 Å². The summed E-state index contributed by atoms with van der Waals surface area (Å²) in [6, 6.07) is 0. The number of nitriles is 1. The van der Waals surface area contributed by atoms with E-state index in [0.29, 0.717) is 4.32 Å². The predicted octanol–water partition coefficient (Wildman–Crippen LogP) is 0.775. The van der Waals surface area contributed by atoms with Gasteiger partial charge >= 0.3 is 0 Å². The van der Waals surface area contributed by atoms with Gasteiger partial charge in [-0.1, -0.05) is 12.2 Å². The molecular weight excluding hydrogens is 140 g/mol. The molecule has 0 spiro atoms. The van der Waals surface area contributed by atoms with Gasteiger partial charge in [0.15, 0.2) is 0 Å². The minimum atomic E-state index is -1.42. The van der Waals surface area contributed by atoms with Crippen molar-refractivity contribution in [2.24, 2.45) is 5.73 Å². The number of nitrogens with two attached hydrogens (primary N) is 1. The van der Waals surface area contributed by atoms with Crippen LogP contribution in [0.1, 0.15) is 0 Å². The van der Waals surface area contributed by atoms with Gasteiger partial charge in [-0.3, -0.25) is 0 Å². The van der Waals surface area contributed by atoms with Crippen molar-refractivity contribution in [3.05, 3.63) is 0 Å². The molecule has 0 rings (SSSR count). The Balaban J connectivity index is 4.19. The van der Waals surface area contributed by atoms with Gasteiger partial charge in [-0.2, -0.15) is 5.26 Å². The van der Waals surface area contributed by atoms with Gasteiger partial charge in [-0.15, -0.1) is 10.0 Å². The van der Waals surface area contributed by atoms with E-state index in [0.717, 1.165) is 0 Å². The lowest BCUT2D eigenvalue weighted by Gasteiger charge is -2.17. The lowest BCUT2D eigenvalue weighted by Crippen LogP contribution is -2.14. The average Bonchev–Trinajstić information content (AvgIpc) is 1.67. The Labute approximate surface area is 56.0 Å². The molecule has 0 radical (unpaired) electrons. The van der Waals surface area contributed by atoms with Crippen LogP contribution < -0.4 is 5.73 Å². The van der Waals surface area contributed by atoms with E-state index < -0.39 is 10.0 Å². The van der Waals surface area contributed by atoms with E-state index in [1.165, 1.54) is 0 Å². The van der Waals surface area contributed by atoms with Crippen molar-refractivity contribution >= 4 is 26.6 Å². The summed E-state index contributed by atoms with van der Waals surface area (Å²) < 4.78 is 0.333. The molecule has 4 heteroatoms. The van der Waals surface area contributed by atoms with Gasteiger partial charge in [0.05, 0.1) is 0 Å². The molecule has 8 heavy (non-hydrogen) atoms. The fourth-order valence-corrected chi connectivity index (χ4v) is 0.247. The van der Waals surface area contributed by atoms with Gasteiger partial charge in [0.25, 0.3) is 0 Å². The highest BCUT2D eigenvalue weighted by atomic mass is 32.3. The van der Waals surface area contributed by atoms with Gasteiger partial charge in [0, 0.05) is 0 Å². The van der Waals surface area contributed by atoms with Crippen LogP contribution in [0.4, 0.5) is 0 Å². The molecule has 0 saturated heterocycles. The maximum absolute atomic E-state index is 8.38. The van der Waals surface area contributed by atoms with Gasteiger partial charge in [-0.25, -0.2) is 0 Å². The minimum Gasteiger partial charge on any atom is -0.385 e. The van der Waals surface area contributed by atoms with Crippen molar-refractivity contribution in [3.8, 4) is 5.40 Å². The topological polar surface area (TPSA) is 49.8 Å². The molecule has 2 nitrogen and oxygen atoms in total. The summed E-state index contributed by atoms with van der Waals surface area (Å²) in [4.78, 5) is 0. The highest BCUT2D eigenvalue weighted by Crippen LogP contribution is 2.37. The molecule has 0 unspecified atom stereocenters. The highest BCUT2D eigenvalue weighted by Gasteiger charge is 2.12.